The molecule has 1 amide bonds. The van der Waals surface area contributed by atoms with Gasteiger partial charge in [0.15, 0.2) is 0 Å². The van der Waals surface area contributed by atoms with Gasteiger partial charge in [0.05, 0.1) is 25.3 Å². The van der Waals surface area contributed by atoms with Gasteiger partial charge in [0.25, 0.3) is 0 Å². The van der Waals surface area contributed by atoms with Crippen molar-refractivity contribution in [2.75, 3.05) is 31.6 Å². The molecule has 156 valence electrons. The van der Waals surface area contributed by atoms with E-state index in [0.717, 1.165) is 60.4 Å². The Morgan fingerprint density at radius 2 is 1.97 bits per heavy atom. The minimum absolute atomic E-state index is 0.0990. The maximum Gasteiger partial charge on any atom is 0.230 e. The van der Waals surface area contributed by atoms with Crippen molar-refractivity contribution in [3.63, 3.8) is 0 Å². The van der Waals surface area contributed by atoms with Gasteiger partial charge in [0.2, 0.25) is 5.91 Å². The summed E-state index contributed by atoms with van der Waals surface area (Å²) >= 11 is 7.68. The lowest BCUT2D eigenvalue weighted by Crippen LogP contribution is -2.35. The van der Waals surface area contributed by atoms with Gasteiger partial charge in [-0.05, 0) is 30.2 Å². The summed E-state index contributed by atoms with van der Waals surface area (Å²) in [6.45, 7) is 6.41. The molecule has 0 aliphatic carbocycles. The largest absolute Gasteiger partial charge is 0.379 e. The summed E-state index contributed by atoms with van der Waals surface area (Å²) < 4.78 is 5.41. The van der Waals surface area contributed by atoms with Gasteiger partial charge in [-0.15, -0.1) is 11.3 Å². The highest BCUT2D eigenvalue weighted by Gasteiger charge is 2.13. The number of benzene rings is 2. The van der Waals surface area contributed by atoms with E-state index in [1.807, 2.05) is 30.5 Å². The lowest BCUT2D eigenvalue weighted by molar-refractivity contribution is -0.115. The Morgan fingerprint density at radius 3 is 2.73 bits per heavy atom. The summed E-state index contributed by atoms with van der Waals surface area (Å²) in [5.41, 5.74) is 4.73. The molecular formula is C23H24ClN3O2S. The molecule has 1 saturated heterocycles. The van der Waals surface area contributed by atoms with Crippen molar-refractivity contribution in [2.45, 2.75) is 19.9 Å². The van der Waals surface area contributed by atoms with E-state index in [0.29, 0.717) is 5.02 Å². The molecule has 4 rings (SSSR count). The number of carbonyl (C=O) groups excluding carboxylic acids is 1. The summed E-state index contributed by atoms with van der Waals surface area (Å²) in [7, 11) is 0. The van der Waals surface area contributed by atoms with Crippen molar-refractivity contribution >= 4 is 34.5 Å². The Hall–Kier alpha value is -2.25. The van der Waals surface area contributed by atoms with Gasteiger partial charge in [-0.1, -0.05) is 41.9 Å². The Balaban J connectivity index is 1.36. The molecule has 0 unspecified atom stereocenters. The van der Waals surface area contributed by atoms with Crippen LogP contribution in [0.1, 0.15) is 16.8 Å². The molecule has 0 radical (unpaired) electrons. The Labute approximate surface area is 185 Å². The van der Waals surface area contributed by atoms with Crippen LogP contribution < -0.4 is 5.32 Å². The van der Waals surface area contributed by atoms with Gasteiger partial charge in [-0.3, -0.25) is 9.69 Å². The van der Waals surface area contributed by atoms with Crippen LogP contribution in [0.15, 0.2) is 47.8 Å². The zero-order valence-electron chi connectivity index (χ0n) is 16.9. The third-order valence-corrected chi connectivity index (χ3v) is 6.50. The van der Waals surface area contributed by atoms with Crippen molar-refractivity contribution in [1.29, 1.82) is 0 Å². The predicted octanol–water partition coefficient (Wildman–Crippen LogP) is 4.79. The minimum atomic E-state index is -0.0990. The molecular weight excluding hydrogens is 418 g/mol. The number of morpholine rings is 1. The number of nitrogens with zero attached hydrogens (tertiary/aromatic N) is 2. The molecule has 30 heavy (non-hydrogen) atoms. The molecule has 0 atom stereocenters. The highest BCUT2D eigenvalue weighted by atomic mass is 35.5. The quantitative estimate of drug-likeness (QED) is 0.597. The van der Waals surface area contributed by atoms with E-state index in [-0.39, 0.29) is 12.3 Å². The smallest absolute Gasteiger partial charge is 0.230 e. The molecule has 1 aliphatic heterocycles. The zero-order chi connectivity index (χ0) is 20.9. The van der Waals surface area contributed by atoms with E-state index < -0.39 is 0 Å². The molecule has 1 fully saturated rings. The molecule has 1 N–H and O–H groups in total. The van der Waals surface area contributed by atoms with Crippen LogP contribution in [-0.4, -0.2) is 42.1 Å². The summed E-state index contributed by atoms with van der Waals surface area (Å²) in [6.07, 6.45) is 0.234. The highest BCUT2D eigenvalue weighted by Crippen LogP contribution is 2.26. The average molecular weight is 442 g/mol. The summed E-state index contributed by atoms with van der Waals surface area (Å²) in [5.74, 6) is -0.0990. The number of hydrogen-bond donors (Lipinski definition) is 1. The van der Waals surface area contributed by atoms with Crippen LogP contribution in [0, 0.1) is 6.92 Å². The van der Waals surface area contributed by atoms with Gasteiger partial charge in [0.1, 0.15) is 5.01 Å². The maximum atomic E-state index is 12.4. The van der Waals surface area contributed by atoms with Gasteiger partial charge >= 0.3 is 0 Å². The molecule has 0 spiro atoms. The van der Waals surface area contributed by atoms with Crippen molar-refractivity contribution < 1.29 is 9.53 Å². The van der Waals surface area contributed by atoms with Crippen LogP contribution in [-0.2, 0) is 22.5 Å². The van der Waals surface area contributed by atoms with E-state index in [4.69, 9.17) is 16.3 Å². The van der Waals surface area contributed by atoms with Crippen LogP contribution in [0.25, 0.3) is 10.6 Å². The molecule has 1 aliphatic rings. The van der Waals surface area contributed by atoms with Crippen LogP contribution in [0.2, 0.25) is 5.02 Å². The Bertz CT molecular complexity index is 1010. The number of anilines is 1. The number of thiazole rings is 1. The third-order valence-electron chi connectivity index (χ3n) is 5.15. The number of halogens is 1. The number of nitrogens with one attached hydrogen (secondary N) is 1. The first-order valence-corrected chi connectivity index (χ1v) is 11.2. The fraction of sp³-hybridized carbons (Fsp3) is 0.304. The lowest BCUT2D eigenvalue weighted by atomic mass is 10.1. The number of amides is 1. The molecule has 1 aromatic heterocycles. The number of carbonyl (C=O) groups is 1. The average Bonchev–Trinajstić information content (AvgIpc) is 3.21. The number of aromatic nitrogens is 1. The van der Waals surface area contributed by atoms with E-state index in [1.165, 1.54) is 5.56 Å². The van der Waals surface area contributed by atoms with E-state index in [1.54, 1.807) is 11.3 Å². The van der Waals surface area contributed by atoms with Crippen molar-refractivity contribution in [1.82, 2.24) is 9.88 Å². The molecule has 2 heterocycles. The zero-order valence-corrected chi connectivity index (χ0v) is 18.4. The first-order valence-electron chi connectivity index (χ1n) is 9.97. The van der Waals surface area contributed by atoms with E-state index in [9.17, 15) is 4.79 Å². The fourth-order valence-corrected chi connectivity index (χ4v) is 4.39. The van der Waals surface area contributed by atoms with Crippen LogP contribution in [0.5, 0.6) is 0 Å². The molecule has 2 aromatic carbocycles. The lowest BCUT2D eigenvalue weighted by Gasteiger charge is -2.26. The number of hydrogen-bond acceptors (Lipinski definition) is 5. The van der Waals surface area contributed by atoms with E-state index >= 15 is 0 Å². The highest BCUT2D eigenvalue weighted by molar-refractivity contribution is 7.13. The summed E-state index contributed by atoms with van der Waals surface area (Å²) in [4.78, 5) is 19.5. The van der Waals surface area contributed by atoms with Gasteiger partial charge in [0, 0.05) is 41.3 Å². The first-order chi connectivity index (χ1) is 14.6. The topological polar surface area (TPSA) is 54.5 Å². The maximum absolute atomic E-state index is 12.4. The fourth-order valence-electron chi connectivity index (χ4n) is 3.39. The summed E-state index contributed by atoms with van der Waals surface area (Å²) in [6, 6.07) is 14.0. The summed E-state index contributed by atoms with van der Waals surface area (Å²) in [5, 5.41) is 6.43. The normalized spacial score (nSPS) is 14.6. The molecule has 0 bridgehead atoms. The second-order valence-electron chi connectivity index (χ2n) is 7.37. The second-order valence-corrected chi connectivity index (χ2v) is 8.63. The first kappa shape index (κ1) is 21.0. The van der Waals surface area contributed by atoms with Crippen molar-refractivity contribution in [2.24, 2.45) is 0 Å². The minimum Gasteiger partial charge on any atom is -0.379 e. The Morgan fingerprint density at radius 1 is 1.20 bits per heavy atom. The molecule has 7 heteroatoms. The number of rotatable bonds is 6. The van der Waals surface area contributed by atoms with Crippen LogP contribution >= 0.6 is 22.9 Å². The van der Waals surface area contributed by atoms with Gasteiger partial charge < -0.3 is 10.1 Å². The molecule has 3 aromatic rings. The van der Waals surface area contributed by atoms with Gasteiger partial charge in [-0.25, -0.2) is 4.98 Å². The molecule has 5 nitrogen and oxygen atoms in total. The monoisotopic (exact) mass is 441 g/mol. The van der Waals surface area contributed by atoms with Crippen molar-refractivity contribution in [3.8, 4) is 10.6 Å². The predicted molar refractivity (Wildman–Crippen MR) is 122 cm³/mol. The Kier molecular flexibility index (Phi) is 6.79. The van der Waals surface area contributed by atoms with Crippen molar-refractivity contribution in [3.05, 3.63) is 69.7 Å². The van der Waals surface area contributed by atoms with Crippen LogP contribution in [0.3, 0.4) is 0 Å². The SMILES string of the molecule is Cc1c(Cl)cccc1NC(=O)Cc1csc(-c2ccc(CN3CCOCC3)cc2)n1. The second kappa shape index (κ2) is 9.71. The standard InChI is InChI=1S/C23H24ClN3O2S/c1-16-20(24)3-2-4-21(16)26-22(28)13-19-15-30-23(25-19)18-7-5-17(6-8-18)14-27-9-11-29-12-10-27/h2-8,15H,9-14H2,1H3,(H,26,28). The third kappa shape index (κ3) is 5.26. The van der Waals surface area contributed by atoms with E-state index in [2.05, 4.69) is 39.5 Å². The number of ether oxygens (including phenoxy) is 1. The molecule has 0 saturated carbocycles. The van der Waals surface area contributed by atoms with Crippen LogP contribution in [0.4, 0.5) is 5.69 Å². The van der Waals surface area contributed by atoms with Gasteiger partial charge in [-0.2, -0.15) is 0 Å².